The Hall–Kier alpha value is -3.07. The first-order valence-electron chi connectivity index (χ1n) is 12.5. The molecule has 0 aromatic heterocycles. The van der Waals surface area contributed by atoms with Gasteiger partial charge in [-0.1, -0.05) is 57.2 Å². The van der Waals surface area contributed by atoms with Crippen molar-refractivity contribution in [3.05, 3.63) is 87.5 Å². The zero-order valence-corrected chi connectivity index (χ0v) is 22.7. The number of aryl methyl sites for hydroxylation is 3. The van der Waals surface area contributed by atoms with Crippen molar-refractivity contribution in [2.45, 2.75) is 73.1 Å². The number of ether oxygens (including phenoxy) is 2. The van der Waals surface area contributed by atoms with Crippen LogP contribution < -0.4 is 9.47 Å². The number of benzene rings is 2. The van der Waals surface area contributed by atoms with Gasteiger partial charge in [0.1, 0.15) is 11.5 Å². The van der Waals surface area contributed by atoms with Crippen LogP contribution in [0, 0.1) is 20.8 Å². The zero-order chi connectivity index (χ0) is 25.9. The number of hydrogen-bond acceptors (Lipinski definition) is 3. The monoisotopic (exact) mass is 472 g/mol. The van der Waals surface area contributed by atoms with Gasteiger partial charge in [-0.15, -0.1) is 0 Å². The van der Waals surface area contributed by atoms with E-state index in [1.54, 1.807) is 7.11 Å². The first-order valence-corrected chi connectivity index (χ1v) is 12.5. The third-order valence-corrected chi connectivity index (χ3v) is 7.21. The van der Waals surface area contributed by atoms with Gasteiger partial charge in [0.25, 0.3) is 0 Å². The van der Waals surface area contributed by atoms with E-state index in [2.05, 4.69) is 52.5 Å². The van der Waals surface area contributed by atoms with Crippen molar-refractivity contribution in [1.82, 2.24) is 0 Å². The van der Waals surface area contributed by atoms with Crippen molar-refractivity contribution in [3.8, 4) is 11.5 Å². The Balaban J connectivity index is 1.87. The van der Waals surface area contributed by atoms with Gasteiger partial charge in [-0.2, -0.15) is 0 Å². The number of rotatable bonds is 8. The maximum absolute atomic E-state index is 13.4. The lowest BCUT2D eigenvalue weighted by Gasteiger charge is -2.34. The third-order valence-electron chi connectivity index (χ3n) is 7.21. The minimum Gasteiger partial charge on any atom is -0.497 e. The molecule has 186 valence electrons. The molecule has 0 N–H and O–H groups in total. The van der Waals surface area contributed by atoms with E-state index < -0.39 is 0 Å². The average Bonchev–Trinajstić information content (AvgIpc) is 2.80. The van der Waals surface area contributed by atoms with Crippen LogP contribution >= 0.6 is 0 Å². The molecule has 3 rings (SSSR count). The second-order valence-corrected chi connectivity index (χ2v) is 10.4. The second kappa shape index (κ2) is 10.7. The Labute approximate surface area is 211 Å². The van der Waals surface area contributed by atoms with Crippen LogP contribution in [-0.4, -0.2) is 19.5 Å². The topological polar surface area (TPSA) is 35.5 Å². The number of carbonyl (C=O) groups is 1. The van der Waals surface area contributed by atoms with Crippen molar-refractivity contribution in [1.29, 1.82) is 0 Å². The summed E-state index contributed by atoms with van der Waals surface area (Å²) in [5.74, 6) is 1.83. The van der Waals surface area contributed by atoms with Gasteiger partial charge in [-0.05, 0) is 92.3 Å². The van der Waals surface area contributed by atoms with E-state index in [4.69, 9.17) is 9.47 Å². The fourth-order valence-electron chi connectivity index (χ4n) is 4.95. The van der Waals surface area contributed by atoms with Crippen LogP contribution in [0.4, 0.5) is 0 Å². The lowest BCUT2D eigenvalue weighted by Crippen LogP contribution is -2.27. The number of fused-ring (bicyclic) bond motifs is 1. The first-order chi connectivity index (χ1) is 16.5. The predicted octanol–water partition coefficient (Wildman–Crippen LogP) is 7.79. The van der Waals surface area contributed by atoms with E-state index in [1.807, 2.05) is 39.0 Å². The van der Waals surface area contributed by atoms with Crippen LogP contribution in [0.2, 0.25) is 0 Å². The zero-order valence-electron chi connectivity index (χ0n) is 22.7. The molecule has 0 bridgehead atoms. The molecule has 1 aliphatic heterocycles. The molecule has 1 heterocycles. The van der Waals surface area contributed by atoms with Crippen LogP contribution in [0.15, 0.2) is 54.1 Å². The molecule has 3 nitrogen and oxygen atoms in total. The van der Waals surface area contributed by atoms with Gasteiger partial charge in [0.2, 0.25) is 0 Å². The Morgan fingerprint density at radius 2 is 1.77 bits per heavy atom. The molecule has 0 radical (unpaired) electrons. The van der Waals surface area contributed by atoms with E-state index >= 15 is 0 Å². The lowest BCUT2D eigenvalue weighted by molar-refractivity contribution is -0.110. The van der Waals surface area contributed by atoms with Crippen LogP contribution in [0.1, 0.15) is 73.9 Å². The van der Waals surface area contributed by atoms with E-state index in [0.717, 1.165) is 53.2 Å². The molecule has 0 atom stereocenters. The molecular weight excluding hydrogens is 432 g/mol. The van der Waals surface area contributed by atoms with Crippen LogP contribution in [0.5, 0.6) is 11.5 Å². The normalized spacial score (nSPS) is 15.3. The minimum atomic E-state index is -0.00808. The van der Waals surface area contributed by atoms with Crippen molar-refractivity contribution in [2.75, 3.05) is 13.7 Å². The number of ketones is 1. The number of allylic oxidation sites excluding steroid dienone is 5. The molecule has 0 saturated heterocycles. The third kappa shape index (κ3) is 5.61. The first kappa shape index (κ1) is 26.5. The van der Waals surface area contributed by atoms with Gasteiger partial charge in [0, 0.05) is 16.7 Å². The van der Waals surface area contributed by atoms with Crippen molar-refractivity contribution in [3.63, 3.8) is 0 Å². The summed E-state index contributed by atoms with van der Waals surface area (Å²) in [6.07, 6.45) is 6.51. The van der Waals surface area contributed by atoms with E-state index in [0.29, 0.717) is 12.0 Å². The van der Waals surface area contributed by atoms with E-state index in [-0.39, 0.29) is 11.2 Å². The standard InChI is InChI=1S/C32H40O3/c1-10-25(30(33)24(6)29-22(4)18-26(34-9)19-23(29)5)13-11-20(2)17-27-21(3)12-14-28-31(27)35-16-15-32(28,7)8/h11-14,18-19H,6,10,15-17H2,1-5,7-9H3/b20-11+,25-13+. The predicted molar refractivity (Wildman–Crippen MR) is 147 cm³/mol. The molecule has 35 heavy (non-hydrogen) atoms. The van der Waals surface area contributed by atoms with Gasteiger partial charge >= 0.3 is 0 Å². The fraction of sp³-hybridized carbons (Fsp3) is 0.406. The number of hydrogen-bond donors (Lipinski definition) is 0. The minimum absolute atomic E-state index is 0.00808. The highest BCUT2D eigenvalue weighted by Crippen LogP contribution is 2.42. The van der Waals surface area contributed by atoms with Gasteiger partial charge in [0.15, 0.2) is 5.78 Å². The van der Waals surface area contributed by atoms with Gasteiger partial charge < -0.3 is 9.47 Å². The molecule has 0 saturated carbocycles. The maximum Gasteiger partial charge on any atom is 0.189 e. The molecular formula is C32H40O3. The molecule has 2 aromatic rings. The van der Waals surface area contributed by atoms with Crippen molar-refractivity contribution >= 4 is 11.4 Å². The summed E-state index contributed by atoms with van der Waals surface area (Å²) >= 11 is 0. The number of Topliss-reactive ketones (excluding diaryl/α,β-unsaturated/α-hetero) is 1. The summed E-state index contributed by atoms with van der Waals surface area (Å²) in [6.45, 7) is 19.8. The summed E-state index contributed by atoms with van der Waals surface area (Å²) in [4.78, 5) is 13.4. The molecule has 0 amide bonds. The summed E-state index contributed by atoms with van der Waals surface area (Å²) < 4.78 is 11.5. The smallest absolute Gasteiger partial charge is 0.189 e. The number of carbonyl (C=O) groups excluding carboxylic acids is 1. The van der Waals surface area contributed by atoms with Crippen LogP contribution in [-0.2, 0) is 16.6 Å². The highest BCUT2D eigenvalue weighted by molar-refractivity contribution is 6.28. The Kier molecular flexibility index (Phi) is 8.10. The maximum atomic E-state index is 13.4. The largest absolute Gasteiger partial charge is 0.497 e. The average molecular weight is 473 g/mol. The highest BCUT2D eigenvalue weighted by Gasteiger charge is 2.30. The molecule has 0 fully saturated rings. The Bertz CT molecular complexity index is 1180. The highest BCUT2D eigenvalue weighted by atomic mass is 16.5. The summed E-state index contributed by atoms with van der Waals surface area (Å²) in [5, 5.41) is 0. The van der Waals surface area contributed by atoms with Gasteiger partial charge in [0.05, 0.1) is 13.7 Å². The molecule has 0 unspecified atom stereocenters. The Morgan fingerprint density at radius 3 is 2.37 bits per heavy atom. The molecule has 0 spiro atoms. The van der Waals surface area contributed by atoms with Crippen LogP contribution in [0.3, 0.4) is 0 Å². The summed E-state index contributed by atoms with van der Waals surface area (Å²) in [7, 11) is 1.65. The van der Waals surface area contributed by atoms with Crippen molar-refractivity contribution < 1.29 is 14.3 Å². The number of methoxy groups -OCH3 is 1. The van der Waals surface area contributed by atoms with Gasteiger partial charge in [-0.3, -0.25) is 4.79 Å². The second-order valence-electron chi connectivity index (χ2n) is 10.4. The van der Waals surface area contributed by atoms with E-state index in [1.165, 1.54) is 22.3 Å². The molecule has 2 aromatic carbocycles. The molecule has 0 aliphatic carbocycles. The summed E-state index contributed by atoms with van der Waals surface area (Å²) in [5.41, 5.74) is 9.27. The molecule has 3 heteroatoms. The Morgan fingerprint density at radius 1 is 1.11 bits per heavy atom. The fourth-order valence-corrected chi connectivity index (χ4v) is 4.95. The molecule has 1 aliphatic rings. The lowest BCUT2D eigenvalue weighted by atomic mass is 9.78. The SMILES string of the molecule is C=C(C(=O)/C(=C/C=C(\C)Cc1c(C)ccc2c1OCCC2(C)C)CC)c1c(C)cc(OC)cc1C. The quantitative estimate of drug-likeness (QED) is 0.290. The summed E-state index contributed by atoms with van der Waals surface area (Å²) in [6, 6.07) is 8.33. The van der Waals surface area contributed by atoms with Gasteiger partial charge in [-0.25, -0.2) is 0 Å². The van der Waals surface area contributed by atoms with E-state index in [9.17, 15) is 4.79 Å². The van der Waals surface area contributed by atoms with Crippen molar-refractivity contribution in [2.24, 2.45) is 0 Å². The van der Waals surface area contributed by atoms with Crippen LogP contribution in [0.25, 0.3) is 5.57 Å².